The van der Waals surface area contributed by atoms with Gasteiger partial charge in [-0.25, -0.2) is 9.20 Å². The van der Waals surface area contributed by atoms with Gasteiger partial charge in [0.25, 0.3) is 11.5 Å². The molecule has 1 aliphatic carbocycles. The lowest BCUT2D eigenvalue weighted by atomic mass is 9.84. The number of nitrogens with zero attached hydrogens (tertiary/aromatic N) is 6. The largest absolute Gasteiger partial charge is 0.336 e. The fourth-order valence-electron chi connectivity index (χ4n) is 4.49. The molecular formula is C21H27N7O2. The van der Waals surface area contributed by atoms with Crippen LogP contribution in [0.2, 0.25) is 0 Å². The third-order valence-electron chi connectivity index (χ3n) is 6.60. The van der Waals surface area contributed by atoms with E-state index in [-0.39, 0.29) is 11.5 Å². The predicted octanol–water partition coefficient (Wildman–Crippen LogP) is 1.46. The van der Waals surface area contributed by atoms with Crippen LogP contribution in [0.4, 0.5) is 0 Å². The van der Waals surface area contributed by atoms with E-state index in [1.807, 2.05) is 11.8 Å². The first kappa shape index (κ1) is 19.0. The van der Waals surface area contributed by atoms with Gasteiger partial charge in [-0.15, -0.1) is 5.10 Å². The first-order valence-electron chi connectivity index (χ1n) is 10.7. The molecule has 0 aromatic carbocycles. The Morgan fingerprint density at radius 2 is 2.13 bits per heavy atom. The summed E-state index contributed by atoms with van der Waals surface area (Å²) in [5.41, 5.74) is 1.43. The summed E-state index contributed by atoms with van der Waals surface area (Å²) in [4.78, 5) is 32.7. The van der Waals surface area contributed by atoms with Gasteiger partial charge in [-0.05, 0) is 44.7 Å². The molecule has 30 heavy (non-hydrogen) atoms. The first-order valence-corrected chi connectivity index (χ1v) is 10.7. The highest BCUT2D eigenvalue weighted by Gasteiger charge is 2.31. The van der Waals surface area contributed by atoms with Crippen LogP contribution in [-0.2, 0) is 0 Å². The van der Waals surface area contributed by atoms with Crippen molar-refractivity contribution in [1.29, 1.82) is 0 Å². The number of fused-ring (bicyclic) bond motifs is 1. The Balaban J connectivity index is 1.34. The average Bonchev–Trinajstić information content (AvgIpc) is 3.31. The zero-order valence-corrected chi connectivity index (χ0v) is 17.4. The van der Waals surface area contributed by atoms with Crippen molar-refractivity contribution < 1.29 is 4.79 Å². The number of piperazine rings is 1. The number of amides is 1. The minimum absolute atomic E-state index is 0.0155. The average molecular weight is 409 g/mol. The highest BCUT2D eigenvalue weighted by Crippen LogP contribution is 2.28. The molecule has 0 bridgehead atoms. The van der Waals surface area contributed by atoms with E-state index < -0.39 is 0 Å². The van der Waals surface area contributed by atoms with Gasteiger partial charge in [0, 0.05) is 38.4 Å². The van der Waals surface area contributed by atoms with Gasteiger partial charge in [-0.2, -0.15) is 5.10 Å². The quantitative estimate of drug-likeness (QED) is 0.705. The topological polar surface area (TPSA) is 91.5 Å². The Bertz CT molecular complexity index is 1140. The molecule has 0 unspecified atom stereocenters. The monoisotopic (exact) mass is 409 g/mol. The highest BCUT2D eigenvalue weighted by molar-refractivity contribution is 5.95. The Kier molecular flexibility index (Phi) is 4.69. The van der Waals surface area contributed by atoms with Gasteiger partial charge in [-0.3, -0.25) is 19.5 Å². The van der Waals surface area contributed by atoms with Gasteiger partial charge in [0.05, 0.1) is 17.5 Å². The van der Waals surface area contributed by atoms with Crippen LogP contribution in [0, 0.1) is 12.8 Å². The van der Waals surface area contributed by atoms with Gasteiger partial charge in [0.1, 0.15) is 5.52 Å². The molecule has 2 aliphatic rings. The predicted molar refractivity (Wildman–Crippen MR) is 112 cm³/mol. The van der Waals surface area contributed by atoms with Crippen molar-refractivity contribution in [2.75, 3.05) is 26.2 Å². The van der Waals surface area contributed by atoms with E-state index in [4.69, 9.17) is 0 Å². The fourth-order valence-corrected chi connectivity index (χ4v) is 4.49. The summed E-state index contributed by atoms with van der Waals surface area (Å²) in [6, 6.07) is 3.82. The SMILES string of the molecule is Cc1c(C(=O)N2CCN(CC3CCC3)[C@H](C)C2)cnn1-c1nn2cccc2c(=O)[nH]1. The standard InChI is InChI=1S/C21H27N7O2/c1-14-12-26(10-9-25(14)13-16-5-3-6-16)20(30)17-11-22-28(15(17)2)21-23-19(29)18-7-4-8-27(18)24-21/h4,7-8,11,14,16H,3,5-6,9-10,12-13H2,1-2H3,(H,23,24,29)/t14-/m1/s1. The van der Waals surface area contributed by atoms with Crippen LogP contribution in [0.25, 0.3) is 11.5 Å². The number of carbonyl (C=O) groups is 1. The molecule has 0 radical (unpaired) electrons. The van der Waals surface area contributed by atoms with Crippen LogP contribution in [-0.4, -0.2) is 72.3 Å². The smallest absolute Gasteiger partial charge is 0.276 e. The molecule has 1 atom stereocenters. The molecule has 1 aliphatic heterocycles. The second-order valence-corrected chi connectivity index (χ2v) is 8.56. The number of H-pyrrole nitrogens is 1. The molecule has 158 valence electrons. The Morgan fingerprint density at radius 3 is 2.87 bits per heavy atom. The summed E-state index contributed by atoms with van der Waals surface area (Å²) in [5.74, 6) is 1.11. The van der Waals surface area contributed by atoms with Gasteiger partial charge in [-0.1, -0.05) is 6.42 Å². The molecule has 1 saturated carbocycles. The van der Waals surface area contributed by atoms with Crippen molar-refractivity contribution in [3.63, 3.8) is 0 Å². The Hall–Kier alpha value is -2.94. The molecule has 1 N–H and O–H groups in total. The maximum Gasteiger partial charge on any atom is 0.276 e. The molecule has 1 saturated heterocycles. The van der Waals surface area contributed by atoms with Gasteiger partial charge in [0.15, 0.2) is 0 Å². The lowest BCUT2D eigenvalue weighted by Gasteiger charge is -2.42. The highest BCUT2D eigenvalue weighted by atomic mass is 16.2. The van der Waals surface area contributed by atoms with Crippen molar-refractivity contribution in [2.45, 2.75) is 39.2 Å². The van der Waals surface area contributed by atoms with Crippen molar-refractivity contribution >= 4 is 11.4 Å². The normalized spacial score (nSPS) is 20.6. The number of rotatable bonds is 4. The summed E-state index contributed by atoms with van der Waals surface area (Å²) < 4.78 is 3.03. The molecule has 1 amide bonds. The van der Waals surface area contributed by atoms with Crippen molar-refractivity contribution in [2.24, 2.45) is 5.92 Å². The van der Waals surface area contributed by atoms with Crippen LogP contribution in [0.1, 0.15) is 42.2 Å². The van der Waals surface area contributed by atoms with Crippen LogP contribution in [0.5, 0.6) is 0 Å². The number of hydrogen-bond donors (Lipinski definition) is 1. The maximum absolute atomic E-state index is 13.2. The number of aromatic nitrogens is 5. The van der Waals surface area contributed by atoms with Crippen molar-refractivity contribution in [3.8, 4) is 5.95 Å². The van der Waals surface area contributed by atoms with E-state index in [2.05, 4.69) is 27.0 Å². The van der Waals surface area contributed by atoms with Crippen LogP contribution in [0.15, 0.2) is 29.3 Å². The first-order chi connectivity index (χ1) is 14.5. The van der Waals surface area contributed by atoms with E-state index in [1.54, 1.807) is 24.5 Å². The van der Waals surface area contributed by atoms with Gasteiger partial charge in [0.2, 0.25) is 5.95 Å². The molecule has 9 nitrogen and oxygen atoms in total. The zero-order chi connectivity index (χ0) is 20.8. The number of carbonyl (C=O) groups excluding carboxylic acids is 1. The third-order valence-corrected chi connectivity index (χ3v) is 6.60. The van der Waals surface area contributed by atoms with E-state index in [0.29, 0.717) is 28.8 Å². The van der Waals surface area contributed by atoms with E-state index in [9.17, 15) is 9.59 Å². The molecule has 9 heteroatoms. The molecule has 0 spiro atoms. The molecule has 3 aromatic heterocycles. The van der Waals surface area contributed by atoms with E-state index >= 15 is 0 Å². The second kappa shape index (κ2) is 7.39. The second-order valence-electron chi connectivity index (χ2n) is 8.56. The van der Waals surface area contributed by atoms with E-state index in [1.165, 1.54) is 28.5 Å². The van der Waals surface area contributed by atoms with Crippen LogP contribution in [0.3, 0.4) is 0 Å². The van der Waals surface area contributed by atoms with Gasteiger partial charge >= 0.3 is 0 Å². The van der Waals surface area contributed by atoms with Crippen LogP contribution >= 0.6 is 0 Å². The minimum atomic E-state index is -0.246. The summed E-state index contributed by atoms with van der Waals surface area (Å²) in [6.07, 6.45) is 7.33. The number of nitrogens with one attached hydrogen (secondary N) is 1. The molecule has 4 heterocycles. The molecule has 2 fully saturated rings. The Labute approximate surface area is 174 Å². The summed E-state index contributed by atoms with van der Waals surface area (Å²) in [6.45, 7) is 7.55. The number of hydrogen-bond acceptors (Lipinski definition) is 5. The number of aromatic amines is 1. The lowest BCUT2D eigenvalue weighted by molar-refractivity contribution is 0.0422. The summed E-state index contributed by atoms with van der Waals surface area (Å²) >= 11 is 0. The molecule has 5 rings (SSSR count). The van der Waals surface area contributed by atoms with Crippen molar-refractivity contribution in [1.82, 2.24) is 34.2 Å². The third kappa shape index (κ3) is 3.23. The lowest BCUT2D eigenvalue weighted by Crippen LogP contribution is -2.55. The van der Waals surface area contributed by atoms with Gasteiger partial charge < -0.3 is 4.90 Å². The fraction of sp³-hybridized carbons (Fsp3) is 0.524. The summed E-state index contributed by atoms with van der Waals surface area (Å²) in [5, 5.41) is 8.74. The molecular weight excluding hydrogens is 382 g/mol. The maximum atomic E-state index is 13.2. The molecule has 3 aromatic rings. The van der Waals surface area contributed by atoms with Crippen molar-refractivity contribution in [3.05, 3.63) is 46.1 Å². The zero-order valence-electron chi connectivity index (χ0n) is 17.4. The summed E-state index contributed by atoms with van der Waals surface area (Å²) in [7, 11) is 0. The van der Waals surface area contributed by atoms with E-state index in [0.717, 1.165) is 32.1 Å². The minimum Gasteiger partial charge on any atom is -0.336 e. The Morgan fingerprint density at radius 1 is 1.30 bits per heavy atom. The van der Waals surface area contributed by atoms with Crippen LogP contribution < -0.4 is 5.56 Å².